The minimum absolute atomic E-state index is 0.0750. The second-order valence-electron chi connectivity index (χ2n) is 7.75. The van der Waals surface area contributed by atoms with Gasteiger partial charge in [-0.3, -0.25) is 9.52 Å². The number of hydrogen-bond acceptors (Lipinski definition) is 3. The molecule has 0 aliphatic carbocycles. The molecule has 1 atom stereocenters. The topological polar surface area (TPSA) is 71.4 Å². The standard InChI is InChI=1S/C23H25N3O3S/c1-16-6-4-7-19(14-16)24-30(28,29)20-10-9-17(2)21(15-20)23(27)26-13-12-25-11-5-8-22(25)18(26)3/h4-11,14-15,18,24H,12-13H2,1-3H3. The third-order valence-corrected chi connectivity index (χ3v) is 7.00. The van der Waals surface area contributed by atoms with Crippen LogP contribution in [0.5, 0.6) is 0 Å². The van der Waals surface area contributed by atoms with Crippen LogP contribution in [0.3, 0.4) is 0 Å². The molecule has 1 amide bonds. The number of carbonyl (C=O) groups is 1. The fraction of sp³-hybridized carbons (Fsp3) is 0.261. The van der Waals surface area contributed by atoms with E-state index in [9.17, 15) is 13.2 Å². The van der Waals surface area contributed by atoms with Crippen LogP contribution in [0.1, 0.15) is 40.1 Å². The molecule has 156 valence electrons. The SMILES string of the molecule is Cc1cccc(NS(=O)(=O)c2ccc(C)c(C(=O)N3CCn4cccc4C3C)c2)c1. The maximum absolute atomic E-state index is 13.3. The average molecular weight is 424 g/mol. The van der Waals surface area contributed by atoms with Crippen molar-refractivity contribution in [3.8, 4) is 0 Å². The van der Waals surface area contributed by atoms with Crippen LogP contribution in [0.2, 0.25) is 0 Å². The molecule has 2 aromatic carbocycles. The Labute approximate surface area is 177 Å². The summed E-state index contributed by atoms with van der Waals surface area (Å²) >= 11 is 0. The highest BCUT2D eigenvalue weighted by molar-refractivity contribution is 7.92. The number of rotatable bonds is 4. The zero-order valence-electron chi connectivity index (χ0n) is 17.3. The summed E-state index contributed by atoms with van der Waals surface area (Å²) in [6, 6.07) is 15.8. The summed E-state index contributed by atoms with van der Waals surface area (Å²) < 4.78 is 30.6. The van der Waals surface area contributed by atoms with Gasteiger partial charge in [0.1, 0.15) is 0 Å². The van der Waals surface area contributed by atoms with Crippen LogP contribution in [0, 0.1) is 13.8 Å². The number of amides is 1. The third-order valence-electron chi connectivity index (χ3n) is 5.62. The van der Waals surface area contributed by atoms with E-state index in [0.29, 0.717) is 17.8 Å². The van der Waals surface area contributed by atoms with Crippen molar-refractivity contribution in [2.45, 2.75) is 38.3 Å². The largest absolute Gasteiger partial charge is 0.348 e. The first kappa shape index (κ1) is 20.2. The molecule has 0 spiro atoms. The summed E-state index contributed by atoms with van der Waals surface area (Å²) in [6.45, 7) is 7.04. The Morgan fingerprint density at radius 1 is 1.03 bits per heavy atom. The Balaban J connectivity index is 1.64. The van der Waals surface area contributed by atoms with Gasteiger partial charge in [-0.05, 0) is 68.3 Å². The van der Waals surface area contributed by atoms with Crippen LogP contribution in [0.15, 0.2) is 65.7 Å². The first-order valence-corrected chi connectivity index (χ1v) is 11.4. The highest BCUT2D eigenvalue weighted by Crippen LogP contribution is 2.28. The highest BCUT2D eigenvalue weighted by atomic mass is 32.2. The van der Waals surface area contributed by atoms with Gasteiger partial charge in [0.05, 0.1) is 10.9 Å². The van der Waals surface area contributed by atoms with Crippen molar-refractivity contribution < 1.29 is 13.2 Å². The summed E-state index contributed by atoms with van der Waals surface area (Å²) in [5.41, 5.74) is 3.70. The van der Waals surface area contributed by atoms with E-state index in [1.165, 1.54) is 12.1 Å². The molecule has 1 aromatic heterocycles. The Morgan fingerprint density at radius 2 is 1.83 bits per heavy atom. The smallest absolute Gasteiger partial charge is 0.261 e. The zero-order chi connectivity index (χ0) is 21.5. The summed E-state index contributed by atoms with van der Waals surface area (Å²) in [6.07, 6.45) is 2.02. The lowest BCUT2D eigenvalue weighted by atomic mass is 10.0. The fourth-order valence-corrected chi connectivity index (χ4v) is 5.01. The van der Waals surface area contributed by atoms with Crippen LogP contribution >= 0.6 is 0 Å². The van der Waals surface area contributed by atoms with Crippen molar-refractivity contribution in [1.82, 2.24) is 9.47 Å². The molecule has 7 heteroatoms. The van der Waals surface area contributed by atoms with Crippen molar-refractivity contribution in [2.75, 3.05) is 11.3 Å². The van der Waals surface area contributed by atoms with Crippen molar-refractivity contribution in [3.05, 3.63) is 83.2 Å². The predicted octanol–water partition coefficient (Wildman–Crippen LogP) is 4.12. The van der Waals surface area contributed by atoms with Gasteiger partial charge in [-0.2, -0.15) is 0 Å². The summed E-state index contributed by atoms with van der Waals surface area (Å²) in [4.78, 5) is 15.2. The van der Waals surface area contributed by atoms with Gasteiger partial charge in [0.25, 0.3) is 15.9 Å². The summed E-state index contributed by atoms with van der Waals surface area (Å²) in [5.74, 6) is -0.153. The van der Waals surface area contributed by atoms with E-state index in [4.69, 9.17) is 0 Å². The number of anilines is 1. The van der Waals surface area contributed by atoms with Crippen LogP contribution in [0.25, 0.3) is 0 Å². The number of nitrogens with one attached hydrogen (secondary N) is 1. The van der Waals surface area contributed by atoms with Crippen LogP contribution < -0.4 is 4.72 Å². The molecule has 0 fully saturated rings. The Hall–Kier alpha value is -3.06. The van der Waals surface area contributed by atoms with E-state index in [1.807, 2.05) is 50.1 Å². The molecule has 1 aliphatic rings. The van der Waals surface area contributed by atoms with Gasteiger partial charge in [0, 0.05) is 36.2 Å². The number of sulfonamides is 1. The quantitative estimate of drug-likeness (QED) is 0.686. The van der Waals surface area contributed by atoms with Crippen molar-refractivity contribution in [1.29, 1.82) is 0 Å². The van der Waals surface area contributed by atoms with Gasteiger partial charge in [-0.1, -0.05) is 18.2 Å². The minimum Gasteiger partial charge on any atom is -0.348 e. The normalized spacial score (nSPS) is 16.2. The van der Waals surface area contributed by atoms with Crippen molar-refractivity contribution >= 4 is 21.6 Å². The molecular formula is C23H25N3O3S. The molecule has 3 aromatic rings. The monoisotopic (exact) mass is 423 g/mol. The molecule has 1 unspecified atom stereocenters. The Bertz CT molecular complexity index is 1210. The Kier molecular flexibility index (Phi) is 5.15. The van der Waals surface area contributed by atoms with E-state index in [2.05, 4.69) is 9.29 Å². The fourth-order valence-electron chi connectivity index (χ4n) is 3.93. The van der Waals surface area contributed by atoms with E-state index >= 15 is 0 Å². The van der Waals surface area contributed by atoms with Gasteiger partial charge in [-0.25, -0.2) is 8.42 Å². The van der Waals surface area contributed by atoms with Gasteiger partial charge in [0.15, 0.2) is 0 Å². The lowest BCUT2D eigenvalue weighted by Crippen LogP contribution is -2.41. The van der Waals surface area contributed by atoms with E-state index in [1.54, 1.807) is 24.3 Å². The lowest BCUT2D eigenvalue weighted by Gasteiger charge is -2.35. The summed E-state index contributed by atoms with van der Waals surface area (Å²) in [5, 5.41) is 0. The molecule has 0 bridgehead atoms. The zero-order valence-corrected chi connectivity index (χ0v) is 18.1. The maximum Gasteiger partial charge on any atom is 0.261 e. The van der Waals surface area contributed by atoms with Crippen LogP contribution in [-0.2, 0) is 16.6 Å². The maximum atomic E-state index is 13.3. The van der Waals surface area contributed by atoms with Gasteiger partial charge in [-0.15, -0.1) is 0 Å². The number of aryl methyl sites for hydroxylation is 2. The summed E-state index contributed by atoms with van der Waals surface area (Å²) in [7, 11) is -3.81. The molecule has 1 N–H and O–H groups in total. The van der Waals surface area contributed by atoms with Gasteiger partial charge >= 0.3 is 0 Å². The number of nitrogens with zero attached hydrogens (tertiary/aromatic N) is 2. The van der Waals surface area contributed by atoms with E-state index < -0.39 is 10.0 Å². The first-order chi connectivity index (χ1) is 14.3. The number of aromatic nitrogens is 1. The third kappa shape index (κ3) is 3.73. The van der Waals surface area contributed by atoms with Crippen LogP contribution in [-0.4, -0.2) is 30.3 Å². The number of hydrogen-bond donors (Lipinski definition) is 1. The van der Waals surface area contributed by atoms with Crippen molar-refractivity contribution in [3.63, 3.8) is 0 Å². The molecule has 2 heterocycles. The van der Waals surface area contributed by atoms with Crippen LogP contribution in [0.4, 0.5) is 5.69 Å². The number of benzene rings is 2. The molecule has 0 saturated carbocycles. The second-order valence-corrected chi connectivity index (χ2v) is 9.44. The Morgan fingerprint density at radius 3 is 2.60 bits per heavy atom. The molecule has 4 rings (SSSR count). The molecule has 0 saturated heterocycles. The minimum atomic E-state index is -3.81. The number of carbonyl (C=O) groups excluding carboxylic acids is 1. The number of fused-ring (bicyclic) bond motifs is 1. The highest BCUT2D eigenvalue weighted by Gasteiger charge is 2.29. The van der Waals surface area contributed by atoms with Gasteiger partial charge in [0.2, 0.25) is 0 Å². The molecule has 0 radical (unpaired) electrons. The van der Waals surface area contributed by atoms with E-state index in [0.717, 1.165) is 23.4 Å². The van der Waals surface area contributed by atoms with Gasteiger partial charge < -0.3 is 9.47 Å². The van der Waals surface area contributed by atoms with Crippen molar-refractivity contribution in [2.24, 2.45) is 0 Å². The lowest BCUT2D eigenvalue weighted by molar-refractivity contribution is 0.0643. The second kappa shape index (κ2) is 7.65. The first-order valence-electron chi connectivity index (χ1n) is 9.92. The molecular weight excluding hydrogens is 398 g/mol. The molecule has 6 nitrogen and oxygen atoms in total. The molecule has 1 aliphatic heterocycles. The molecule has 30 heavy (non-hydrogen) atoms. The average Bonchev–Trinajstić information content (AvgIpc) is 3.17. The van der Waals surface area contributed by atoms with E-state index in [-0.39, 0.29) is 16.8 Å². The predicted molar refractivity (Wildman–Crippen MR) is 117 cm³/mol.